The first-order valence-corrected chi connectivity index (χ1v) is 6.07. The summed E-state index contributed by atoms with van der Waals surface area (Å²) in [4.78, 5) is 3.31. The largest absolute Gasteiger partial charge is 0.332 e. The van der Waals surface area contributed by atoms with Crippen LogP contribution >= 0.6 is 11.8 Å². The van der Waals surface area contributed by atoms with Crippen molar-refractivity contribution in [3.05, 3.63) is 29.8 Å². The summed E-state index contributed by atoms with van der Waals surface area (Å²) < 4.78 is 0. The van der Waals surface area contributed by atoms with Crippen molar-refractivity contribution < 1.29 is 0 Å². The van der Waals surface area contributed by atoms with Gasteiger partial charge in [-0.05, 0) is 49.9 Å². The number of nitrogens with zero attached hydrogens (tertiary/aromatic N) is 1. The zero-order chi connectivity index (χ0) is 11.1. The van der Waals surface area contributed by atoms with E-state index in [-0.39, 0.29) is 0 Å². The molecular weight excluding hydrogens is 202 g/mol. The van der Waals surface area contributed by atoms with Crippen LogP contribution in [0.15, 0.2) is 29.2 Å². The summed E-state index contributed by atoms with van der Waals surface area (Å²) in [6.07, 6.45) is 0. The molecule has 0 heterocycles. The van der Waals surface area contributed by atoms with Crippen LogP contribution in [0.3, 0.4) is 0 Å². The molecule has 0 N–H and O–H groups in total. The van der Waals surface area contributed by atoms with Gasteiger partial charge in [-0.1, -0.05) is 17.7 Å². The predicted molar refractivity (Wildman–Crippen MR) is 67.7 cm³/mol. The van der Waals surface area contributed by atoms with Crippen LogP contribution in [0.1, 0.15) is 19.4 Å². The Bertz CT molecular complexity index is 341. The fourth-order valence-electron chi connectivity index (χ4n) is 1.13. The van der Waals surface area contributed by atoms with Crippen LogP contribution < -0.4 is 0 Å². The minimum Gasteiger partial charge on any atom is -0.332 e. The molecule has 2 heteroatoms. The summed E-state index contributed by atoms with van der Waals surface area (Å²) in [5, 5.41) is 3.12. The van der Waals surface area contributed by atoms with Gasteiger partial charge in [0.2, 0.25) is 0 Å². The van der Waals surface area contributed by atoms with Gasteiger partial charge in [-0.15, -0.1) is 0 Å². The van der Waals surface area contributed by atoms with Gasteiger partial charge in [0.15, 0.2) is 0 Å². The maximum atomic E-state index is 3.13. The summed E-state index contributed by atoms with van der Waals surface area (Å²) in [5.74, 6) is 0. The molecule has 0 bridgehead atoms. The summed E-state index contributed by atoms with van der Waals surface area (Å²) in [5.41, 5.74) is 1.29. The molecule has 1 aromatic carbocycles. The van der Waals surface area contributed by atoms with E-state index in [1.807, 2.05) is 0 Å². The lowest BCUT2D eigenvalue weighted by atomic mass is 10.2. The van der Waals surface area contributed by atoms with E-state index in [2.05, 4.69) is 61.2 Å². The highest BCUT2D eigenvalue weighted by molar-refractivity contribution is 8.03. The molecule has 0 saturated heterocycles. The molecule has 1 aromatic rings. The molecule has 15 heavy (non-hydrogen) atoms. The Morgan fingerprint density at radius 2 is 1.73 bits per heavy atom. The van der Waals surface area contributed by atoms with Crippen LogP contribution in [-0.4, -0.2) is 18.0 Å². The zero-order valence-electron chi connectivity index (χ0n) is 9.58. The molecule has 0 radical (unpaired) electrons. The van der Waals surface area contributed by atoms with Crippen LogP contribution in [0.25, 0.3) is 0 Å². The van der Waals surface area contributed by atoms with Crippen LogP contribution in [0, 0.1) is 18.2 Å². The second-order valence-electron chi connectivity index (χ2n) is 3.30. The first-order chi connectivity index (χ1) is 7.26. The number of rotatable bonds is 3. The second kappa shape index (κ2) is 6.42. The van der Waals surface area contributed by atoms with Gasteiger partial charge in [0.25, 0.3) is 0 Å². The lowest BCUT2D eigenvalue weighted by Gasteiger charge is -2.10. The monoisotopic (exact) mass is 219 g/mol. The van der Waals surface area contributed by atoms with Crippen molar-refractivity contribution in [1.82, 2.24) is 4.90 Å². The number of hydrogen-bond donors (Lipinski definition) is 0. The summed E-state index contributed by atoms with van der Waals surface area (Å²) in [7, 11) is 0. The molecule has 0 spiro atoms. The fourth-order valence-corrected chi connectivity index (χ4v) is 1.70. The molecule has 0 unspecified atom stereocenters. The van der Waals surface area contributed by atoms with Crippen molar-refractivity contribution in [3.8, 4) is 11.3 Å². The highest BCUT2D eigenvalue weighted by Crippen LogP contribution is 2.16. The molecule has 1 nitrogen and oxygen atoms in total. The van der Waals surface area contributed by atoms with E-state index in [1.165, 1.54) is 10.5 Å². The Labute approximate surface area is 96.9 Å². The van der Waals surface area contributed by atoms with E-state index in [1.54, 1.807) is 11.8 Å². The average Bonchev–Trinajstić information content (AvgIpc) is 2.27. The molecule has 0 aliphatic carbocycles. The Morgan fingerprint density at radius 3 is 2.27 bits per heavy atom. The third kappa shape index (κ3) is 4.31. The minimum absolute atomic E-state index is 0.984. The minimum atomic E-state index is 0.984. The summed E-state index contributed by atoms with van der Waals surface area (Å²) in [6.45, 7) is 8.30. The standard InChI is InChI=1S/C13H17NS/c1-4-14(5-2)10-11-15-13-8-6-12(3)7-9-13/h6-9H,4-5H2,1-3H3. The zero-order valence-corrected chi connectivity index (χ0v) is 10.4. The van der Waals surface area contributed by atoms with Gasteiger partial charge in [-0.3, -0.25) is 0 Å². The molecule has 0 aliphatic heterocycles. The van der Waals surface area contributed by atoms with Crippen LogP contribution in [0.2, 0.25) is 0 Å². The van der Waals surface area contributed by atoms with Gasteiger partial charge in [0.05, 0.1) is 0 Å². The molecule has 0 aliphatic rings. The SMILES string of the molecule is CCN(C#CSc1ccc(C)cc1)CC. The van der Waals surface area contributed by atoms with Gasteiger partial charge in [-0.2, -0.15) is 0 Å². The van der Waals surface area contributed by atoms with Gasteiger partial charge >= 0.3 is 0 Å². The quantitative estimate of drug-likeness (QED) is 0.436. The topological polar surface area (TPSA) is 3.24 Å². The van der Waals surface area contributed by atoms with Crippen molar-refractivity contribution in [3.63, 3.8) is 0 Å². The maximum Gasteiger partial charge on any atom is 0.0232 e. The highest BCUT2D eigenvalue weighted by atomic mass is 32.2. The van der Waals surface area contributed by atoms with Gasteiger partial charge < -0.3 is 4.90 Å². The van der Waals surface area contributed by atoms with E-state index in [4.69, 9.17) is 0 Å². The third-order valence-corrected chi connectivity index (χ3v) is 2.86. The van der Waals surface area contributed by atoms with Crippen molar-refractivity contribution in [2.45, 2.75) is 25.7 Å². The fraction of sp³-hybridized carbons (Fsp3) is 0.385. The number of benzene rings is 1. The molecular formula is C13H17NS. The van der Waals surface area contributed by atoms with Crippen LogP contribution in [-0.2, 0) is 0 Å². The summed E-state index contributed by atoms with van der Waals surface area (Å²) in [6, 6.07) is 11.6. The van der Waals surface area contributed by atoms with Gasteiger partial charge in [0.1, 0.15) is 0 Å². The van der Waals surface area contributed by atoms with Gasteiger partial charge in [0, 0.05) is 24.0 Å². The molecule has 0 saturated carbocycles. The molecule has 0 amide bonds. The Balaban J connectivity index is 2.52. The highest BCUT2D eigenvalue weighted by Gasteiger charge is 1.91. The normalized spacial score (nSPS) is 9.27. The van der Waals surface area contributed by atoms with Crippen molar-refractivity contribution in [2.75, 3.05) is 13.1 Å². The van der Waals surface area contributed by atoms with E-state index < -0.39 is 0 Å². The Hall–Kier alpha value is -1.07. The van der Waals surface area contributed by atoms with Crippen molar-refractivity contribution in [2.24, 2.45) is 0 Å². The van der Waals surface area contributed by atoms with Crippen LogP contribution in [0.5, 0.6) is 0 Å². The molecule has 0 aromatic heterocycles. The predicted octanol–water partition coefficient (Wildman–Crippen LogP) is 3.35. The molecule has 80 valence electrons. The van der Waals surface area contributed by atoms with E-state index in [0.29, 0.717) is 0 Å². The van der Waals surface area contributed by atoms with Crippen LogP contribution in [0.4, 0.5) is 0 Å². The average molecular weight is 219 g/mol. The second-order valence-corrected chi connectivity index (χ2v) is 4.18. The Kier molecular flexibility index (Phi) is 5.14. The number of hydrogen-bond acceptors (Lipinski definition) is 2. The smallest absolute Gasteiger partial charge is 0.0232 e. The maximum absolute atomic E-state index is 3.13. The summed E-state index contributed by atoms with van der Waals surface area (Å²) >= 11 is 1.59. The molecule has 1 rings (SSSR count). The Morgan fingerprint density at radius 1 is 1.13 bits per heavy atom. The lowest BCUT2D eigenvalue weighted by molar-refractivity contribution is 0.444. The van der Waals surface area contributed by atoms with Crippen molar-refractivity contribution >= 4 is 11.8 Å². The van der Waals surface area contributed by atoms with E-state index >= 15 is 0 Å². The first kappa shape index (κ1) is 12.0. The number of aryl methyl sites for hydroxylation is 1. The lowest BCUT2D eigenvalue weighted by Crippen LogP contribution is -2.15. The van der Waals surface area contributed by atoms with E-state index in [0.717, 1.165) is 13.1 Å². The number of thioether (sulfide) groups is 1. The van der Waals surface area contributed by atoms with Crippen molar-refractivity contribution in [1.29, 1.82) is 0 Å². The molecule has 0 atom stereocenters. The third-order valence-electron chi connectivity index (χ3n) is 2.16. The van der Waals surface area contributed by atoms with Gasteiger partial charge in [-0.25, -0.2) is 0 Å². The van der Waals surface area contributed by atoms with E-state index in [9.17, 15) is 0 Å². The first-order valence-electron chi connectivity index (χ1n) is 5.25. The molecule has 0 fully saturated rings.